The summed E-state index contributed by atoms with van der Waals surface area (Å²) in [6.07, 6.45) is 4.02. The van der Waals surface area contributed by atoms with Crippen LogP contribution in [0.15, 0.2) is 24.3 Å². The number of fused-ring (bicyclic) bond motifs is 1. The minimum absolute atomic E-state index is 0.654. The Labute approximate surface area is 134 Å². The van der Waals surface area contributed by atoms with Crippen molar-refractivity contribution >= 4 is 44.8 Å². The fourth-order valence-electron chi connectivity index (χ4n) is 2.98. The Morgan fingerprint density at radius 1 is 1.35 bits per heavy atom. The molecule has 1 saturated carbocycles. The molecule has 1 N–H and O–H groups in total. The predicted molar refractivity (Wildman–Crippen MR) is 93.2 cm³/mol. The Morgan fingerprint density at radius 2 is 2.20 bits per heavy atom. The van der Waals surface area contributed by atoms with Gasteiger partial charge in [-0.2, -0.15) is 11.8 Å². The molecule has 1 nitrogen and oxygen atoms in total. The molecule has 0 saturated heterocycles. The minimum atomic E-state index is 0.654. The molecule has 0 radical (unpaired) electrons. The van der Waals surface area contributed by atoms with E-state index >= 15 is 0 Å². The van der Waals surface area contributed by atoms with Crippen LogP contribution >= 0.6 is 34.7 Å². The van der Waals surface area contributed by atoms with Crippen LogP contribution in [0.1, 0.15) is 31.1 Å². The van der Waals surface area contributed by atoms with Crippen molar-refractivity contribution in [1.29, 1.82) is 0 Å². The summed E-state index contributed by atoms with van der Waals surface area (Å²) < 4.78 is 1.29. The molecule has 20 heavy (non-hydrogen) atoms. The number of hydrogen-bond acceptors (Lipinski definition) is 3. The van der Waals surface area contributed by atoms with E-state index < -0.39 is 0 Å². The fourth-order valence-corrected chi connectivity index (χ4v) is 5.65. The molecule has 1 aliphatic carbocycles. The van der Waals surface area contributed by atoms with Crippen LogP contribution in [0.3, 0.4) is 0 Å². The molecule has 3 rings (SSSR count). The van der Waals surface area contributed by atoms with Crippen LogP contribution in [0.5, 0.6) is 0 Å². The van der Waals surface area contributed by atoms with Gasteiger partial charge in [-0.05, 0) is 24.7 Å². The summed E-state index contributed by atoms with van der Waals surface area (Å²) in [4.78, 5) is 1.28. The molecule has 1 aromatic carbocycles. The highest BCUT2D eigenvalue weighted by atomic mass is 35.5. The number of benzene rings is 1. The van der Waals surface area contributed by atoms with E-state index in [2.05, 4.69) is 48.3 Å². The van der Waals surface area contributed by atoms with E-state index in [9.17, 15) is 0 Å². The highest BCUT2D eigenvalue weighted by molar-refractivity contribution is 7.99. The van der Waals surface area contributed by atoms with Crippen molar-refractivity contribution < 1.29 is 0 Å². The summed E-state index contributed by atoms with van der Waals surface area (Å²) in [6, 6.07) is 9.06. The first-order valence-corrected chi connectivity index (χ1v) is 9.54. The van der Waals surface area contributed by atoms with Crippen molar-refractivity contribution in [3.63, 3.8) is 0 Å². The van der Waals surface area contributed by atoms with Crippen LogP contribution in [0, 0.1) is 0 Å². The van der Waals surface area contributed by atoms with Gasteiger partial charge >= 0.3 is 0 Å². The molecule has 1 aromatic heterocycles. The van der Waals surface area contributed by atoms with Gasteiger partial charge < -0.3 is 5.32 Å². The van der Waals surface area contributed by atoms with E-state index in [1.54, 1.807) is 0 Å². The van der Waals surface area contributed by atoms with Gasteiger partial charge in [0.25, 0.3) is 0 Å². The fraction of sp³-hybridized carbons (Fsp3) is 0.500. The third-order valence-corrected chi connectivity index (χ3v) is 7.00. The molecule has 1 aliphatic rings. The van der Waals surface area contributed by atoms with Crippen molar-refractivity contribution in [2.75, 3.05) is 5.75 Å². The first-order chi connectivity index (χ1) is 9.79. The normalized spacial score (nSPS) is 22.7. The van der Waals surface area contributed by atoms with Crippen LogP contribution < -0.4 is 5.32 Å². The first-order valence-electron chi connectivity index (χ1n) is 7.30. The summed E-state index contributed by atoms with van der Waals surface area (Å²) in [5.74, 6) is 1.21. The average molecular weight is 326 g/mol. The maximum absolute atomic E-state index is 6.51. The minimum Gasteiger partial charge on any atom is -0.308 e. The van der Waals surface area contributed by atoms with Gasteiger partial charge in [-0.1, -0.05) is 43.1 Å². The third kappa shape index (κ3) is 3.01. The van der Waals surface area contributed by atoms with Crippen molar-refractivity contribution in [2.24, 2.45) is 0 Å². The second-order valence-electron chi connectivity index (χ2n) is 5.25. The SMILES string of the molecule is CCSC1CCCC1NCc1sc2ccccc2c1Cl. The van der Waals surface area contributed by atoms with Crippen molar-refractivity contribution in [2.45, 2.75) is 44.0 Å². The quantitative estimate of drug-likeness (QED) is 0.798. The van der Waals surface area contributed by atoms with Gasteiger partial charge in [-0.25, -0.2) is 0 Å². The summed E-state index contributed by atoms with van der Waals surface area (Å²) >= 11 is 10.4. The van der Waals surface area contributed by atoms with E-state index in [1.807, 2.05) is 11.3 Å². The molecule has 0 aliphatic heterocycles. The molecular weight excluding hydrogens is 306 g/mol. The molecule has 4 heteroatoms. The second-order valence-corrected chi connectivity index (χ2v) is 8.28. The highest BCUT2D eigenvalue weighted by Crippen LogP contribution is 2.36. The van der Waals surface area contributed by atoms with Gasteiger partial charge in [-0.15, -0.1) is 11.3 Å². The lowest BCUT2D eigenvalue weighted by Crippen LogP contribution is -2.33. The van der Waals surface area contributed by atoms with E-state index in [1.165, 1.54) is 40.0 Å². The Bertz CT molecular complexity index is 581. The molecule has 0 bridgehead atoms. The highest BCUT2D eigenvalue weighted by Gasteiger charge is 2.26. The zero-order valence-electron chi connectivity index (χ0n) is 11.7. The largest absolute Gasteiger partial charge is 0.308 e. The molecule has 108 valence electrons. The van der Waals surface area contributed by atoms with Crippen molar-refractivity contribution in [1.82, 2.24) is 5.32 Å². The van der Waals surface area contributed by atoms with Gasteiger partial charge in [0, 0.05) is 32.8 Å². The lowest BCUT2D eigenvalue weighted by Gasteiger charge is -2.19. The lowest BCUT2D eigenvalue weighted by atomic mass is 10.2. The molecule has 2 unspecified atom stereocenters. The van der Waals surface area contributed by atoms with Gasteiger partial charge in [0.1, 0.15) is 0 Å². The number of thiophene rings is 1. The van der Waals surface area contributed by atoms with E-state index in [0.29, 0.717) is 6.04 Å². The average Bonchev–Trinajstić information content (AvgIpc) is 3.03. The lowest BCUT2D eigenvalue weighted by molar-refractivity contribution is 0.535. The molecule has 1 heterocycles. The van der Waals surface area contributed by atoms with E-state index in [-0.39, 0.29) is 0 Å². The van der Waals surface area contributed by atoms with Crippen molar-refractivity contribution in [3.8, 4) is 0 Å². The Hall–Kier alpha value is -0.220. The summed E-state index contributed by atoms with van der Waals surface area (Å²) in [5, 5.41) is 6.66. The number of halogens is 1. The third-order valence-electron chi connectivity index (χ3n) is 3.96. The summed E-state index contributed by atoms with van der Waals surface area (Å²) in [7, 11) is 0. The number of thioether (sulfide) groups is 1. The van der Waals surface area contributed by atoms with Gasteiger partial charge in [-0.3, -0.25) is 0 Å². The maximum atomic E-state index is 6.51. The summed E-state index contributed by atoms with van der Waals surface area (Å²) in [5.41, 5.74) is 0. The monoisotopic (exact) mass is 325 g/mol. The van der Waals surface area contributed by atoms with Gasteiger partial charge in [0.05, 0.1) is 5.02 Å². The standard InChI is InChI=1S/C16H20ClNS2/c1-2-19-14-9-5-7-12(14)18-10-15-16(17)11-6-3-4-8-13(11)20-15/h3-4,6,8,12,14,18H,2,5,7,9-10H2,1H3. The number of rotatable bonds is 5. The topological polar surface area (TPSA) is 12.0 Å². The van der Waals surface area contributed by atoms with E-state index in [4.69, 9.17) is 11.6 Å². The maximum Gasteiger partial charge on any atom is 0.0636 e. The molecular formula is C16H20ClNS2. The van der Waals surface area contributed by atoms with Crippen LogP contribution in [0.2, 0.25) is 5.02 Å². The van der Waals surface area contributed by atoms with Crippen LogP contribution in [0.4, 0.5) is 0 Å². The zero-order chi connectivity index (χ0) is 13.9. The summed E-state index contributed by atoms with van der Waals surface area (Å²) in [6.45, 7) is 3.16. The van der Waals surface area contributed by atoms with Gasteiger partial charge in [0.2, 0.25) is 0 Å². The number of hydrogen-bond donors (Lipinski definition) is 1. The smallest absolute Gasteiger partial charge is 0.0636 e. The molecule has 1 fully saturated rings. The van der Waals surface area contributed by atoms with Crippen LogP contribution in [-0.4, -0.2) is 17.0 Å². The first kappa shape index (κ1) is 14.7. The van der Waals surface area contributed by atoms with Crippen LogP contribution in [-0.2, 0) is 6.54 Å². The predicted octanol–water partition coefficient (Wildman–Crippen LogP) is 5.32. The second kappa shape index (κ2) is 6.69. The molecule has 2 atom stereocenters. The van der Waals surface area contributed by atoms with Crippen LogP contribution in [0.25, 0.3) is 10.1 Å². The molecule has 2 aromatic rings. The Balaban J connectivity index is 1.69. The Kier molecular flexibility index (Phi) is 4.92. The molecule has 0 amide bonds. The van der Waals surface area contributed by atoms with Crippen molar-refractivity contribution in [3.05, 3.63) is 34.2 Å². The zero-order valence-corrected chi connectivity index (χ0v) is 14.1. The van der Waals surface area contributed by atoms with Gasteiger partial charge in [0.15, 0.2) is 0 Å². The number of nitrogens with one attached hydrogen (secondary N) is 1. The molecule has 0 spiro atoms. The van der Waals surface area contributed by atoms with E-state index in [0.717, 1.165) is 16.8 Å². The Morgan fingerprint density at radius 3 is 3.00 bits per heavy atom.